The van der Waals surface area contributed by atoms with Gasteiger partial charge in [0.05, 0.1) is 23.7 Å². The molecule has 0 bridgehead atoms. The molecule has 1 aromatic carbocycles. The second kappa shape index (κ2) is 7.00. The van der Waals surface area contributed by atoms with E-state index in [1.807, 2.05) is 47.2 Å². The van der Waals surface area contributed by atoms with E-state index in [0.29, 0.717) is 6.54 Å². The van der Waals surface area contributed by atoms with E-state index in [1.165, 1.54) is 5.56 Å². The van der Waals surface area contributed by atoms with Gasteiger partial charge in [0, 0.05) is 37.3 Å². The number of hydrogen-bond donors (Lipinski definition) is 2. The highest BCUT2D eigenvalue weighted by molar-refractivity contribution is 5.45. The number of rotatable bonds is 5. The van der Waals surface area contributed by atoms with Gasteiger partial charge in [-0.25, -0.2) is 9.67 Å². The van der Waals surface area contributed by atoms with Crippen LogP contribution in [0.1, 0.15) is 35.6 Å². The van der Waals surface area contributed by atoms with Gasteiger partial charge in [-0.3, -0.25) is 0 Å². The lowest BCUT2D eigenvalue weighted by Gasteiger charge is -2.31. The third-order valence-corrected chi connectivity index (χ3v) is 5.09. The van der Waals surface area contributed by atoms with Crippen molar-refractivity contribution in [2.45, 2.75) is 38.3 Å². The maximum Gasteiger partial charge on any atom is 0.222 e. The van der Waals surface area contributed by atoms with Crippen LogP contribution < -0.4 is 10.6 Å². The van der Waals surface area contributed by atoms with Gasteiger partial charge in [0.2, 0.25) is 5.95 Å². The number of benzene rings is 1. The Balaban J connectivity index is 1.51. The molecule has 27 heavy (non-hydrogen) atoms. The fraction of sp³-hybridized carbons (Fsp3) is 0.350. The van der Waals surface area contributed by atoms with Crippen LogP contribution in [0.2, 0.25) is 0 Å². The Labute approximate surface area is 158 Å². The van der Waals surface area contributed by atoms with Crippen molar-refractivity contribution in [1.82, 2.24) is 19.7 Å². The molecule has 1 aliphatic rings. The molecule has 7 nitrogen and oxygen atoms in total. The number of aliphatic hydroxyl groups excluding tert-OH is 1. The van der Waals surface area contributed by atoms with Crippen molar-refractivity contribution in [2.75, 3.05) is 17.7 Å². The zero-order valence-electron chi connectivity index (χ0n) is 15.6. The molecule has 1 saturated carbocycles. The van der Waals surface area contributed by atoms with Crippen molar-refractivity contribution in [2.24, 2.45) is 0 Å². The second-order valence-electron chi connectivity index (χ2n) is 7.27. The molecule has 140 valence electrons. The average Bonchev–Trinajstić information content (AvgIpc) is 3.07. The van der Waals surface area contributed by atoms with Crippen molar-refractivity contribution < 1.29 is 5.11 Å². The molecule has 2 heterocycles. The highest BCUT2D eigenvalue weighted by Gasteiger charge is 2.30. The van der Waals surface area contributed by atoms with Crippen LogP contribution in [0.15, 0.2) is 42.7 Å². The smallest absolute Gasteiger partial charge is 0.222 e. The van der Waals surface area contributed by atoms with Crippen LogP contribution >= 0.6 is 0 Å². The highest BCUT2D eigenvalue weighted by Crippen LogP contribution is 2.36. The van der Waals surface area contributed by atoms with E-state index >= 15 is 0 Å². The van der Waals surface area contributed by atoms with E-state index in [9.17, 15) is 5.11 Å². The van der Waals surface area contributed by atoms with Gasteiger partial charge in [-0.15, -0.1) is 0 Å². The van der Waals surface area contributed by atoms with Crippen LogP contribution in [-0.4, -0.2) is 38.0 Å². The highest BCUT2D eigenvalue weighted by atomic mass is 16.3. The van der Waals surface area contributed by atoms with E-state index in [2.05, 4.69) is 34.1 Å². The van der Waals surface area contributed by atoms with Gasteiger partial charge in [-0.05, 0) is 31.4 Å². The molecule has 4 rings (SSSR count). The first-order valence-corrected chi connectivity index (χ1v) is 9.13. The van der Waals surface area contributed by atoms with Gasteiger partial charge in [-0.1, -0.05) is 18.2 Å². The summed E-state index contributed by atoms with van der Waals surface area (Å²) in [5.41, 5.74) is 10.2. The summed E-state index contributed by atoms with van der Waals surface area (Å²) in [4.78, 5) is 10.8. The first kappa shape index (κ1) is 17.5. The summed E-state index contributed by atoms with van der Waals surface area (Å²) in [6, 6.07) is 10.1. The molecule has 7 heteroatoms. The van der Waals surface area contributed by atoms with E-state index in [0.717, 1.165) is 35.6 Å². The number of anilines is 2. The van der Waals surface area contributed by atoms with Crippen molar-refractivity contribution in [1.29, 1.82) is 0 Å². The number of hydrogen-bond acceptors (Lipinski definition) is 6. The van der Waals surface area contributed by atoms with Gasteiger partial charge < -0.3 is 15.7 Å². The SMILES string of the molecule is Cc1ccccc1-n1cc(CN(C)c2cc(C3CC(O)C3)nc(N)n2)cn1. The number of nitrogen functional groups attached to an aromatic ring is 1. The van der Waals surface area contributed by atoms with Crippen molar-refractivity contribution in [3.8, 4) is 5.69 Å². The Bertz CT molecular complexity index is 947. The third-order valence-electron chi connectivity index (χ3n) is 5.09. The van der Waals surface area contributed by atoms with Gasteiger partial charge in [0.15, 0.2) is 0 Å². The number of nitrogens with two attached hydrogens (primary N) is 1. The molecular formula is C20H24N6O. The lowest BCUT2D eigenvalue weighted by molar-refractivity contribution is 0.0732. The summed E-state index contributed by atoms with van der Waals surface area (Å²) in [6.45, 7) is 2.74. The maximum absolute atomic E-state index is 9.54. The summed E-state index contributed by atoms with van der Waals surface area (Å²) < 4.78 is 1.90. The number of aliphatic hydroxyl groups is 1. The summed E-state index contributed by atoms with van der Waals surface area (Å²) >= 11 is 0. The molecule has 0 amide bonds. The lowest BCUT2D eigenvalue weighted by Crippen LogP contribution is -2.28. The largest absolute Gasteiger partial charge is 0.393 e. The lowest BCUT2D eigenvalue weighted by atomic mass is 9.80. The van der Waals surface area contributed by atoms with E-state index < -0.39 is 0 Å². The Kier molecular flexibility index (Phi) is 4.53. The van der Waals surface area contributed by atoms with Gasteiger partial charge >= 0.3 is 0 Å². The van der Waals surface area contributed by atoms with Crippen LogP contribution in [0.4, 0.5) is 11.8 Å². The molecule has 2 aromatic heterocycles. The predicted molar refractivity (Wildman–Crippen MR) is 105 cm³/mol. The fourth-order valence-electron chi connectivity index (χ4n) is 3.45. The number of aryl methyl sites for hydroxylation is 1. The molecule has 0 unspecified atom stereocenters. The zero-order chi connectivity index (χ0) is 19.0. The molecule has 1 aliphatic carbocycles. The van der Waals surface area contributed by atoms with E-state index in [4.69, 9.17) is 5.73 Å². The van der Waals surface area contributed by atoms with E-state index in [-0.39, 0.29) is 18.0 Å². The van der Waals surface area contributed by atoms with Gasteiger partial charge in [-0.2, -0.15) is 10.1 Å². The summed E-state index contributed by atoms with van der Waals surface area (Å²) in [7, 11) is 1.98. The molecular weight excluding hydrogens is 340 g/mol. The van der Waals surface area contributed by atoms with Crippen molar-refractivity contribution in [3.63, 3.8) is 0 Å². The molecule has 1 fully saturated rings. The summed E-state index contributed by atoms with van der Waals surface area (Å²) in [6.07, 6.45) is 5.16. The Morgan fingerprint density at radius 3 is 2.78 bits per heavy atom. The first-order valence-electron chi connectivity index (χ1n) is 9.13. The second-order valence-corrected chi connectivity index (χ2v) is 7.27. The average molecular weight is 364 g/mol. The minimum Gasteiger partial charge on any atom is -0.393 e. The fourth-order valence-corrected chi connectivity index (χ4v) is 3.45. The van der Waals surface area contributed by atoms with Crippen LogP contribution in [0.25, 0.3) is 5.69 Å². The summed E-state index contributed by atoms with van der Waals surface area (Å²) in [5.74, 6) is 1.31. The normalized spacial score (nSPS) is 18.9. The standard InChI is InChI=1S/C20H24N6O/c1-13-5-3-4-6-18(13)26-12-14(10-22-26)11-25(2)19-9-17(23-20(21)24-19)15-7-16(27)8-15/h3-6,9-10,12,15-16,27H,7-8,11H2,1-2H3,(H2,21,23,24). The van der Waals surface area contributed by atoms with Crippen molar-refractivity contribution >= 4 is 11.8 Å². The van der Waals surface area contributed by atoms with Crippen molar-refractivity contribution in [3.05, 3.63) is 59.5 Å². The van der Waals surface area contributed by atoms with E-state index in [1.54, 1.807) is 0 Å². The van der Waals surface area contributed by atoms with Crippen LogP contribution in [0.5, 0.6) is 0 Å². The topological polar surface area (TPSA) is 93.1 Å². The summed E-state index contributed by atoms with van der Waals surface area (Å²) in [5, 5.41) is 14.0. The minimum absolute atomic E-state index is 0.223. The molecule has 0 aliphatic heterocycles. The molecule has 3 aromatic rings. The molecule has 0 radical (unpaired) electrons. The number of nitrogens with zero attached hydrogens (tertiary/aromatic N) is 5. The Morgan fingerprint density at radius 1 is 1.26 bits per heavy atom. The molecule has 3 N–H and O–H groups in total. The van der Waals surface area contributed by atoms with Crippen LogP contribution in [0, 0.1) is 6.92 Å². The molecule has 0 saturated heterocycles. The molecule has 0 atom stereocenters. The van der Waals surface area contributed by atoms with Gasteiger partial charge in [0.25, 0.3) is 0 Å². The number of para-hydroxylation sites is 1. The Morgan fingerprint density at radius 2 is 2.04 bits per heavy atom. The first-order chi connectivity index (χ1) is 13.0. The van der Waals surface area contributed by atoms with Crippen LogP contribution in [0.3, 0.4) is 0 Å². The molecule has 0 spiro atoms. The van der Waals surface area contributed by atoms with Crippen LogP contribution in [-0.2, 0) is 6.54 Å². The number of aromatic nitrogens is 4. The maximum atomic E-state index is 9.54. The predicted octanol–water partition coefficient (Wildman–Crippen LogP) is 2.43. The Hall–Kier alpha value is -2.93. The monoisotopic (exact) mass is 364 g/mol. The minimum atomic E-state index is -0.223. The zero-order valence-corrected chi connectivity index (χ0v) is 15.6. The quantitative estimate of drug-likeness (QED) is 0.722. The van der Waals surface area contributed by atoms with Gasteiger partial charge in [0.1, 0.15) is 5.82 Å². The third kappa shape index (κ3) is 3.64.